The Morgan fingerprint density at radius 1 is 0.375 bits per heavy atom. The van der Waals surface area contributed by atoms with Gasteiger partial charge in [-0.3, -0.25) is 33.8 Å². The molecule has 4 aromatic carbocycles. The third-order valence-corrected chi connectivity index (χ3v) is 14.6. The lowest BCUT2D eigenvalue weighted by Gasteiger charge is -2.19. The standard InChI is InChI=1S/C17H19NO2.C16H17NO2.C13H25NO2.C10H19NO2.C6H14N4O2.C5H9NO2/c19-17(20)13-18-12-11-16(14-7-3-1-4-8-14)15-9-5-2-6-10-15;18-16(19)12-17-11-15(13-7-3-1-4-8-13)14-9-5-2-6-10-14;15-13(16)11-14-12-9-7-5-3-1-2-4-6-8-10-12;12-10(13)8-11-9-6-4-2-1-3-5-7-9;7-6(8)10-3-1-2-9-4-5(11)12;7-5(8)3-6-4-1-2-4/h1-10,16,18H,11-13H2,(H,19,20);1-10,15,17H,11-12H2,(H,18,19);12,14H,1-11H2,(H,15,16);9,11H,1-8H2,(H,12,13);9H,1-4H2,(H,11,12)(H4,7,8,10);4,6H,1-3H2,(H,7,8). The van der Waals surface area contributed by atoms with Gasteiger partial charge in [0.15, 0.2) is 5.96 Å². The van der Waals surface area contributed by atoms with E-state index >= 15 is 0 Å². The van der Waals surface area contributed by atoms with Crippen LogP contribution in [-0.4, -0.2) is 156 Å². The zero-order valence-electron chi connectivity index (χ0n) is 51.6. The van der Waals surface area contributed by atoms with Gasteiger partial charge in [-0.1, -0.05) is 205 Å². The van der Waals surface area contributed by atoms with Crippen LogP contribution in [-0.2, 0) is 28.8 Å². The normalized spacial score (nSPS) is 14.6. The minimum atomic E-state index is -0.864. The van der Waals surface area contributed by atoms with E-state index in [0.29, 0.717) is 50.2 Å². The first-order chi connectivity index (χ1) is 42.5. The number of nitrogens with zero attached hydrogens (tertiary/aromatic N) is 1. The zero-order chi connectivity index (χ0) is 64.2. The molecule has 0 bridgehead atoms. The highest BCUT2D eigenvalue weighted by molar-refractivity contribution is 5.75. The minimum Gasteiger partial charge on any atom is -0.480 e. The topological polar surface area (TPSA) is 360 Å². The lowest BCUT2D eigenvalue weighted by atomic mass is 9.88. The molecular formula is C67H103N9O12. The van der Waals surface area contributed by atoms with Gasteiger partial charge in [-0.15, -0.1) is 0 Å². The Hall–Kier alpha value is -7.27. The van der Waals surface area contributed by atoms with E-state index in [1.54, 1.807) is 0 Å². The van der Waals surface area contributed by atoms with Crippen molar-refractivity contribution in [2.45, 2.75) is 165 Å². The van der Waals surface area contributed by atoms with Gasteiger partial charge in [-0.05, 0) is 86.7 Å². The van der Waals surface area contributed by atoms with Crippen molar-refractivity contribution in [1.82, 2.24) is 31.9 Å². The fourth-order valence-corrected chi connectivity index (χ4v) is 9.90. The summed E-state index contributed by atoms with van der Waals surface area (Å²) >= 11 is 0. The summed E-state index contributed by atoms with van der Waals surface area (Å²) in [4.78, 5) is 65.6. The van der Waals surface area contributed by atoms with Crippen molar-refractivity contribution in [3.05, 3.63) is 144 Å². The number of carbonyl (C=O) groups is 6. The Labute approximate surface area is 521 Å². The molecular weight excluding hydrogens is 1120 g/mol. The Morgan fingerprint density at radius 2 is 0.659 bits per heavy atom. The Morgan fingerprint density at radius 3 is 0.966 bits per heavy atom. The molecule has 3 aliphatic carbocycles. The van der Waals surface area contributed by atoms with Gasteiger partial charge in [-0.25, -0.2) is 0 Å². The molecule has 3 aliphatic rings. The number of nitrogens with two attached hydrogens (primary N) is 2. The monoisotopic (exact) mass is 1230 g/mol. The Bertz CT molecular complexity index is 2380. The molecule has 0 heterocycles. The fourth-order valence-electron chi connectivity index (χ4n) is 9.90. The molecule has 4 aromatic rings. The van der Waals surface area contributed by atoms with Crippen molar-refractivity contribution in [2.24, 2.45) is 16.5 Å². The Kier molecular flexibility index (Phi) is 44.3. The molecule has 488 valence electrons. The van der Waals surface area contributed by atoms with Crippen LogP contribution < -0.4 is 43.4 Å². The van der Waals surface area contributed by atoms with Gasteiger partial charge in [0.1, 0.15) is 0 Å². The average Bonchev–Trinajstić information content (AvgIpc) is 4.53. The van der Waals surface area contributed by atoms with E-state index < -0.39 is 35.8 Å². The van der Waals surface area contributed by atoms with Gasteiger partial charge >= 0.3 is 35.8 Å². The summed E-state index contributed by atoms with van der Waals surface area (Å²) in [5, 5.41) is 68.6. The van der Waals surface area contributed by atoms with E-state index in [2.05, 4.69) is 85.4 Å². The highest BCUT2D eigenvalue weighted by atomic mass is 16.4. The maximum atomic E-state index is 10.6. The summed E-state index contributed by atoms with van der Waals surface area (Å²) in [5.74, 6) is -4.25. The van der Waals surface area contributed by atoms with Gasteiger partial charge < -0.3 is 74.0 Å². The first-order valence-electron chi connectivity index (χ1n) is 31.4. The summed E-state index contributed by atoms with van der Waals surface area (Å²) in [7, 11) is 0. The maximum absolute atomic E-state index is 10.6. The molecule has 88 heavy (non-hydrogen) atoms. The number of guanidine groups is 1. The molecule has 0 spiro atoms. The highest BCUT2D eigenvalue weighted by Crippen LogP contribution is 2.28. The molecule has 16 N–H and O–H groups in total. The summed E-state index contributed by atoms with van der Waals surface area (Å²) in [6.45, 7) is 2.73. The number of nitrogens with one attached hydrogen (secondary N) is 6. The molecule has 0 aromatic heterocycles. The van der Waals surface area contributed by atoms with Crippen LogP contribution in [0, 0.1) is 0 Å². The predicted octanol–water partition coefficient (Wildman–Crippen LogP) is 8.24. The largest absolute Gasteiger partial charge is 0.480 e. The number of benzene rings is 4. The van der Waals surface area contributed by atoms with Crippen molar-refractivity contribution >= 4 is 41.8 Å². The smallest absolute Gasteiger partial charge is 0.317 e. The van der Waals surface area contributed by atoms with Crippen LogP contribution in [0.5, 0.6) is 0 Å². The van der Waals surface area contributed by atoms with Crippen LogP contribution >= 0.6 is 0 Å². The molecule has 0 unspecified atom stereocenters. The number of hydrogen-bond acceptors (Lipinski definition) is 13. The number of aliphatic imine (C=N–C) groups is 1. The lowest BCUT2D eigenvalue weighted by molar-refractivity contribution is -0.137. The van der Waals surface area contributed by atoms with Crippen LogP contribution in [0.1, 0.15) is 169 Å². The van der Waals surface area contributed by atoms with E-state index in [0.717, 1.165) is 51.4 Å². The average molecular weight is 1230 g/mol. The summed E-state index contributed by atoms with van der Waals surface area (Å²) < 4.78 is 0. The zero-order valence-corrected chi connectivity index (χ0v) is 51.6. The molecule has 0 atom stereocenters. The van der Waals surface area contributed by atoms with E-state index in [1.807, 2.05) is 72.8 Å². The van der Waals surface area contributed by atoms with Crippen molar-refractivity contribution in [3.63, 3.8) is 0 Å². The lowest BCUT2D eigenvalue weighted by Crippen LogP contribution is -2.33. The molecule has 0 aliphatic heterocycles. The van der Waals surface area contributed by atoms with E-state index in [1.165, 1.54) is 106 Å². The number of carboxylic acid groups (broad SMARTS) is 6. The quantitative estimate of drug-likeness (QED) is 0.0144. The third-order valence-electron chi connectivity index (χ3n) is 14.6. The number of rotatable bonds is 28. The second-order valence-electron chi connectivity index (χ2n) is 22.1. The number of aliphatic carboxylic acids is 6. The molecule has 7 rings (SSSR count). The SMILES string of the molecule is NC(N)=NCCCNCC(=O)O.O=C(O)CNC1CC1.O=C(O)CNC1CCCCCCC1.O=C(O)CNC1CCCCCCCCCC1.O=C(O)CNCC(c1ccccc1)c1ccccc1.O=C(O)CNCCC(c1ccccc1)c1ccccc1. The van der Waals surface area contributed by atoms with Gasteiger partial charge in [-0.2, -0.15) is 0 Å². The highest BCUT2D eigenvalue weighted by Gasteiger charge is 2.21. The Balaban J connectivity index is 0.000000368. The molecule has 21 nitrogen and oxygen atoms in total. The number of carboxylic acids is 6. The van der Waals surface area contributed by atoms with Crippen LogP contribution in [0.3, 0.4) is 0 Å². The summed E-state index contributed by atoms with van der Waals surface area (Å²) in [6.07, 6.45) is 25.5. The molecule has 0 saturated heterocycles. The second kappa shape index (κ2) is 50.7. The first-order valence-corrected chi connectivity index (χ1v) is 31.4. The van der Waals surface area contributed by atoms with Crippen LogP contribution in [0.25, 0.3) is 0 Å². The molecule has 0 radical (unpaired) electrons. The van der Waals surface area contributed by atoms with Crippen LogP contribution in [0.4, 0.5) is 0 Å². The summed E-state index contributed by atoms with van der Waals surface area (Å²) in [5.41, 5.74) is 15.0. The van der Waals surface area contributed by atoms with Gasteiger partial charge in [0, 0.05) is 43.1 Å². The van der Waals surface area contributed by atoms with Gasteiger partial charge in [0.25, 0.3) is 0 Å². The first kappa shape index (κ1) is 76.8. The second-order valence-corrected chi connectivity index (χ2v) is 22.1. The third kappa shape index (κ3) is 44.2. The minimum absolute atomic E-state index is 0.0102. The molecule has 3 saturated carbocycles. The molecule has 3 fully saturated rings. The van der Waals surface area contributed by atoms with Gasteiger partial charge in [0.05, 0.1) is 39.3 Å². The van der Waals surface area contributed by atoms with E-state index in [-0.39, 0.29) is 51.1 Å². The van der Waals surface area contributed by atoms with Crippen molar-refractivity contribution in [2.75, 3.05) is 65.4 Å². The maximum Gasteiger partial charge on any atom is 0.317 e. The fraction of sp³-hybridized carbons (Fsp3) is 0.537. The predicted molar refractivity (Wildman–Crippen MR) is 347 cm³/mol. The van der Waals surface area contributed by atoms with Crippen LogP contribution in [0.2, 0.25) is 0 Å². The summed E-state index contributed by atoms with van der Waals surface area (Å²) in [6, 6.07) is 42.3. The molecule has 21 heteroatoms. The van der Waals surface area contributed by atoms with Crippen molar-refractivity contribution in [1.29, 1.82) is 0 Å². The number of hydrogen-bond donors (Lipinski definition) is 14. The van der Waals surface area contributed by atoms with Gasteiger partial charge in [0.2, 0.25) is 0 Å². The van der Waals surface area contributed by atoms with Crippen LogP contribution in [0.15, 0.2) is 126 Å². The van der Waals surface area contributed by atoms with Crippen molar-refractivity contribution in [3.8, 4) is 0 Å². The molecule has 0 amide bonds. The van der Waals surface area contributed by atoms with E-state index in [4.69, 9.17) is 42.1 Å². The van der Waals surface area contributed by atoms with E-state index in [9.17, 15) is 28.8 Å². The van der Waals surface area contributed by atoms with Crippen molar-refractivity contribution < 1.29 is 59.4 Å².